The number of aromatic nitrogens is 2. The molecular formula is C22H27FN4O2S. The largest absolute Gasteiger partial charge is 0.336 e. The van der Waals surface area contributed by atoms with Crippen molar-refractivity contribution in [1.82, 2.24) is 13.9 Å². The Bertz CT molecular complexity index is 1200. The van der Waals surface area contributed by atoms with Gasteiger partial charge in [-0.3, -0.25) is 4.98 Å². The highest BCUT2D eigenvalue weighted by Gasteiger charge is 2.19. The summed E-state index contributed by atoms with van der Waals surface area (Å²) in [5, 5.41) is 0. The maximum atomic E-state index is 14.2. The summed E-state index contributed by atoms with van der Waals surface area (Å²) in [7, 11) is -0.456. The number of nitrogens with two attached hydrogens (primary N) is 1. The molecule has 0 atom stereocenters. The average Bonchev–Trinajstić information content (AvgIpc) is 2.93. The fourth-order valence-electron chi connectivity index (χ4n) is 3.46. The molecule has 2 heterocycles. The number of pyridine rings is 1. The molecule has 2 N–H and O–H groups in total. The van der Waals surface area contributed by atoms with Crippen LogP contribution in [0.25, 0.3) is 11.0 Å². The smallest absolute Gasteiger partial charge is 0.242 e. The van der Waals surface area contributed by atoms with Gasteiger partial charge in [0, 0.05) is 44.0 Å². The van der Waals surface area contributed by atoms with E-state index in [2.05, 4.69) is 0 Å². The van der Waals surface area contributed by atoms with E-state index in [1.54, 1.807) is 12.1 Å². The molecule has 1 aromatic carbocycles. The Kier molecular flexibility index (Phi) is 6.40. The van der Waals surface area contributed by atoms with Gasteiger partial charge in [0.1, 0.15) is 5.83 Å². The van der Waals surface area contributed by atoms with E-state index in [1.165, 1.54) is 24.5 Å². The Balaban J connectivity index is 2.03. The van der Waals surface area contributed by atoms with Gasteiger partial charge in [0.05, 0.1) is 22.5 Å². The summed E-state index contributed by atoms with van der Waals surface area (Å²) < 4.78 is 41.9. The maximum Gasteiger partial charge on any atom is 0.242 e. The van der Waals surface area contributed by atoms with Crippen LogP contribution in [0.2, 0.25) is 0 Å². The van der Waals surface area contributed by atoms with E-state index in [-0.39, 0.29) is 23.8 Å². The van der Waals surface area contributed by atoms with Crippen molar-refractivity contribution < 1.29 is 12.8 Å². The second-order valence-electron chi connectivity index (χ2n) is 7.47. The molecule has 0 saturated heterocycles. The lowest BCUT2D eigenvalue weighted by molar-refractivity contribution is 0.520. The number of benzene rings is 1. The number of nitrogens with zero attached hydrogens (tertiary/aromatic N) is 3. The van der Waals surface area contributed by atoms with Gasteiger partial charge in [-0.1, -0.05) is 12.1 Å². The summed E-state index contributed by atoms with van der Waals surface area (Å²) in [6.45, 7) is 4.12. The van der Waals surface area contributed by atoms with Crippen LogP contribution in [0.15, 0.2) is 53.2 Å². The number of hydrogen-bond donors (Lipinski definition) is 1. The average molecular weight is 431 g/mol. The number of aryl methyl sites for hydroxylation is 1. The van der Waals surface area contributed by atoms with Gasteiger partial charge in [-0.2, -0.15) is 0 Å². The van der Waals surface area contributed by atoms with E-state index in [4.69, 9.17) is 10.7 Å². The van der Waals surface area contributed by atoms with Gasteiger partial charge < -0.3 is 10.3 Å². The van der Waals surface area contributed by atoms with Crippen LogP contribution in [-0.2, 0) is 23.0 Å². The molecule has 0 aliphatic rings. The summed E-state index contributed by atoms with van der Waals surface area (Å²) in [6.07, 6.45) is 1.94. The Hall–Kier alpha value is -2.55. The lowest BCUT2D eigenvalue weighted by Crippen LogP contribution is -2.22. The van der Waals surface area contributed by atoms with Gasteiger partial charge in [0.25, 0.3) is 0 Å². The predicted octanol–water partition coefficient (Wildman–Crippen LogP) is 3.31. The number of hydrogen-bond acceptors (Lipinski definition) is 4. The summed E-state index contributed by atoms with van der Waals surface area (Å²) in [5.41, 5.74) is 10.9. The number of halogens is 1. The van der Waals surface area contributed by atoms with Crippen LogP contribution < -0.4 is 5.73 Å². The summed E-state index contributed by atoms with van der Waals surface area (Å²) in [6, 6.07) is 10.7. The zero-order valence-corrected chi connectivity index (χ0v) is 18.5. The Morgan fingerprint density at radius 2 is 1.83 bits per heavy atom. The van der Waals surface area contributed by atoms with Crippen molar-refractivity contribution >= 4 is 21.1 Å². The molecule has 2 aromatic heterocycles. The first-order valence-corrected chi connectivity index (χ1v) is 11.1. The molecule has 0 aliphatic heterocycles. The third-order valence-electron chi connectivity index (χ3n) is 5.16. The zero-order valence-electron chi connectivity index (χ0n) is 17.7. The van der Waals surface area contributed by atoms with E-state index in [0.717, 1.165) is 33.5 Å². The number of allylic oxidation sites excluding steroid dienone is 1. The molecule has 0 fully saturated rings. The predicted molar refractivity (Wildman–Crippen MR) is 118 cm³/mol. The SMILES string of the molecule is Cc1ccc2c(n1)c(Cc1ccc(S(=O)(=O)N(C)C)cc1)c(C)n2CC(F)=CCN. The maximum absolute atomic E-state index is 14.2. The highest BCUT2D eigenvalue weighted by atomic mass is 32.2. The molecule has 0 aliphatic carbocycles. The van der Waals surface area contributed by atoms with Crippen LogP contribution in [-0.4, -0.2) is 42.9 Å². The van der Waals surface area contributed by atoms with Crippen LogP contribution in [0.4, 0.5) is 4.39 Å². The van der Waals surface area contributed by atoms with Gasteiger partial charge in [-0.05, 0) is 49.8 Å². The first-order valence-electron chi connectivity index (χ1n) is 9.66. The van der Waals surface area contributed by atoms with Crippen molar-refractivity contribution in [3.63, 3.8) is 0 Å². The fourth-order valence-corrected chi connectivity index (χ4v) is 4.36. The van der Waals surface area contributed by atoms with Gasteiger partial charge in [-0.15, -0.1) is 0 Å². The molecule has 0 amide bonds. The fraction of sp³-hybridized carbons (Fsp3) is 0.318. The summed E-state index contributed by atoms with van der Waals surface area (Å²) >= 11 is 0. The molecule has 0 spiro atoms. The first kappa shape index (κ1) is 22.1. The van der Waals surface area contributed by atoms with E-state index < -0.39 is 10.0 Å². The molecule has 8 heteroatoms. The van der Waals surface area contributed by atoms with Gasteiger partial charge in [0.15, 0.2) is 0 Å². The van der Waals surface area contributed by atoms with Crippen LogP contribution in [0.1, 0.15) is 22.5 Å². The normalized spacial score (nSPS) is 12.8. The highest BCUT2D eigenvalue weighted by molar-refractivity contribution is 7.89. The Labute approximate surface area is 176 Å². The molecular weight excluding hydrogens is 403 g/mol. The molecule has 0 bridgehead atoms. The van der Waals surface area contributed by atoms with Crippen molar-refractivity contribution in [3.05, 3.63) is 70.8 Å². The second kappa shape index (κ2) is 8.67. The minimum absolute atomic E-state index is 0.101. The molecule has 0 saturated carbocycles. The quantitative estimate of drug-likeness (QED) is 0.624. The molecule has 3 rings (SSSR count). The third kappa shape index (κ3) is 4.30. The van der Waals surface area contributed by atoms with Crippen LogP contribution >= 0.6 is 0 Å². The number of rotatable bonds is 7. The zero-order chi connectivity index (χ0) is 22.1. The second-order valence-corrected chi connectivity index (χ2v) is 9.62. The highest BCUT2D eigenvalue weighted by Crippen LogP contribution is 2.28. The number of fused-ring (bicyclic) bond motifs is 1. The first-order chi connectivity index (χ1) is 14.1. The molecule has 6 nitrogen and oxygen atoms in total. The Morgan fingerprint density at radius 3 is 2.43 bits per heavy atom. The summed E-state index contributed by atoms with van der Waals surface area (Å²) in [5.74, 6) is -0.289. The van der Waals surface area contributed by atoms with Crippen LogP contribution in [0.3, 0.4) is 0 Å². The van der Waals surface area contributed by atoms with Crippen LogP contribution in [0.5, 0.6) is 0 Å². The molecule has 160 valence electrons. The van der Waals surface area contributed by atoms with Crippen molar-refractivity contribution in [2.45, 2.75) is 31.7 Å². The molecule has 0 radical (unpaired) electrons. The van der Waals surface area contributed by atoms with Gasteiger partial charge in [-0.25, -0.2) is 17.1 Å². The van der Waals surface area contributed by atoms with Crippen molar-refractivity contribution in [1.29, 1.82) is 0 Å². The summed E-state index contributed by atoms with van der Waals surface area (Å²) in [4.78, 5) is 4.95. The van der Waals surface area contributed by atoms with Crippen molar-refractivity contribution in [3.8, 4) is 0 Å². The topological polar surface area (TPSA) is 81.2 Å². The minimum Gasteiger partial charge on any atom is -0.336 e. The number of sulfonamides is 1. The monoisotopic (exact) mass is 430 g/mol. The minimum atomic E-state index is -3.47. The standard InChI is InChI=1S/C22H27FN4O2S/c1-15-5-10-21-22(25-15)20(16(2)27(21)14-18(23)11-12-24)13-17-6-8-19(9-7-17)30(28,29)26(3)4/h5-11H,12-14,24H2,1-4H3. The van der Waals surface area contributed by atoms with Gasteiger partial charge in [0.2, 0.25) is 10.0 Å². The third-order valence-corrected chi connectivity index (χ3v) is 6.99. The van der Waals surface area contributed by atoms with Gasteiger partial charge >= 0.3 is 0 Å². The molecule has 3 aromatic rings. The Morgan fingerprint density at radius 1 is 1.17 bits per heavy atom. The lowest BCUT2D eigenvalue weighted by atomic mass is 10.0. The van der Waals surface area contributed by atoms with E-state index >= 15 is 0 Å². The van der Waals surface area contributed by atoms with E-state index in [0.29, 0.717) is 6.42 Å². The van der Waals surface area contributed by atoms with E-state index in [9.17, 15) is 12.8 Å². The molecule has 0 unspecified atom stereocenters. The lowest BCUT2D eigenvalue weighted by Gasteiger charge is -2.12. The van der Waals surface area contributed by atoms with Crippen LogP contribution in [0, 0.1) is 13.8 Å². The van der Waals surface area contributed by atoms with Crippen molar-refractivity contribution in [2.75, 3.05) is 20.6 Å². The van der Waals surface area contributed by atoms with Crippen molar-refractivity contribution in [2.24, 2.45) is 5.73 Å². The molecule has 30 heavy (non-hydrogen) atoms. The van der Waals surface area contributed by atoms with E-state index in [1.807, 2.05) is 42.7 Å².